The molecule has 5 heterocycles. The predicted molar refractivity (Wildman–Crippen MR) is 165 cm³/mol. The average Bonchev–Trinajstić information content (AvgIpc) is 3.46. The summed E-state index contributed by atoms with van der Waals surface area (Å²) in [6.07, 6.45) is 6.28. The molecule has 1 atom stereocenters. The van der Waals surface area contributed by atoms with Crippen molar-refractivity contribution >= 4 is 33.7 Å². The molecule has 6 rings (SSSR count). The Morgan fingerprint density at radius 2 is 1.91 bits per heavy atom. The van der Waals surface area contributed by atoms with Gasteiger partial charge in [0.05, 0.1) is 28.6 Å². The van der Waals surface area contributed by atoms with Crippen molar-refractivity contribution in [3.05, 3.63) is 88.3 Å². The third kappa shape index (κ3) is 4.82. The van der Waals surface area contributed by atoms with Crippen molar-refractivity contribution < 1.29 is 18.0 Å². The molecule has 1 fully saturated rings. The zero-order valence-corrected chi connectivity index (χ0v) is 25.1. The number of carbonyl (C=O) groups excluding carboxylic acids is 1. The van der Waals surface area contributed by atoms with Crippen molar-refractivity contribution in [2.24, 2.45) is 0 Å². The topological polar surface area (TPSA) is 97.4 Å². The Bertz CT molecular complexity index is 2020. The van der Waals surface area contributed by atoms with Crippen LogP contribution in [-0.2, 0) is 4.79 Å². The van der Waals surface area contributed by atoms with E-state index in [0.717, 1.165) is 5.56 Å². The van der Waals surface area contributed by atoms with Crippen LogP contribution in [-0.4, -0.2) is 56.0 Å². The lowest BCUT2D eigenvalue weighted by Gasteiger charge is -2.40. The van der Waals surface area contributed by atoms with Gasteiger partial charge < -0.3 is 14.2 Å². The van der Waals surface area contributed by atoms with E-state index in [-0.39, 0.29) is 51.6 Å². The fraction of sp³-hybridized carbons (Fsp3) is 0.303. The summed E-state index contributed by atoms with van der Waals surface area (Å²) < 4.78 is 38.4. The molecule has 0 saturated carbocycles. The number of allylic oxidation sites excluding steroid dienone is 1. The van der Waals surface area contributed by atoms with Gasteiger partial charge in [-0.25, -0.2) is 23.1 Å². The molecule has 0 radical (unpaired) electrons. The van der Waals surface area contributed by atoms with Gasteiger partial charge in [0, 0.05) is 37.3 Å². The molecule has 1 amide bonds. The normalized spacial score (nSPS) is 15.8. The first-order chi connectivity index (χ1) is 21.1. The highest BCUT2D eigenvalue weighted by Crippen LogP contribution is 2.37. The van der Waals surface area contributed by atoms with Crippen molar-refractivity contribution in [1.82, 2.24) is 24.4 Å². The molecule has 0 unspecified atom stereocenters. The molecule has 44 heavy (non-hydrogen) atoms. The Kier molecular flexibility index (Phi) is 7.48. The number of benzene rings is 1. The standard InChI is InChI=1S/C33H32F2N6O3/c1-6-7-25(42)39-13-14-40(20(5)17-39)31-22-16-24(35)28(26-23(34)9-8-21-11-15-44-30(21)26)37-32(22)41(33(43)38-31)29-19(4)10-12-36-27(29)18(2)3/h6-12,15-16,18,20H,13-14,17H2,1-5H3/b7-6+/t20-/m0/s1. The maximum absolute atomic E-state index is 16.2. The van der Waals surface area contributed by atoms with E-state index in [2.05, 4.69) is 15.0 Å². The van der Waals surface area contributed by atoms with Gasteiger partial charge in [-0.3, -0.25) is 9.78 Å². The summed E-state index contributed by atoms with van der Waals surface area (Å²) in [4.78, 5) is 43.9. The number of hydrogen-bond acceptors (Lipinski definition) is 7. The molecule has 5 aromatic rings. The van der Waals surface area contributed by atoms with Crippen molar-refractivity contribution in [2.45, 2.75) is 46.6 Å². The zero-order valence-electron chi connectivity index (χ0n) is 25.1. The summed E-state index contributed by atoms with van der Waals surface area (Å²) in [5.74, 6) is -1.43. The second-order valence-electron chi connectivity index (χ2n) is 11.3. The Balaban J connectivity index is 1.64. The van der Waals surface area contributed by atoms with Gasteiger partial charge in [0.25, 0.3) is 0 Å². The Morgan fingerprint density at radius 1 is 1.11 bits per heavy atom. The van der Waals surface area contributed by atoms with Crippen molar-refractivity contribution in [1.29, 1.82) is 0 Å². The fourth-order valence-corrected chi connectivity index (χ4v) is 5.94. The van der Waals surface area contributed by atoms with Crippen LogP contribution in [0.5, 0.6) is 0 Å². The maximum atomic E-state index is 16.2. The Labute approximate surface area is 252 Å². The number of piperazine rings is 1. The van der Waals surface area contributed by atoms with Crippen molar-refractivity contribution in [3.63, 3.8) is 0 Å². The van der Waals surface area contributed by atoms with Crippen LogP contribution in [0.4, 0.5) is 14.6 Å². The second kappa shape index (κ2) is 11.3. The van der Waals surface area contributed by atoms with Crippen LogP contribution in [0.2, 0.25) is 0 Å². The molecule has 1 saturated heterocycles. The van der Waals surface area contributed by atoms with E-state index in [1.807, 2.05) is 32.6 Å². The highest BCUT2D eigenvalue weighted by molar-refractivity contribution is 5.95. The summed E-state index contributed by atoms with van der Waals surface area (Å²) in [5.41, 5.74) is 1.08. The summed E-state index contributed by atoms with van der Waals surface area (Å²) in [6.45, 7) is 10.6. The van der Waals surface area contributed by atoms with E-state index in [1.54, 1.807) is 42.3 Å². The fourth-order valence-electron chi connectivity index (χ4n) is 5.94. The molecule has 0 bridgehead atoms. The molecule has 0 N–H and O–H groups in total. The summed E-state index contributed by atoms with van der Waals surface area (Å²) in [7, 11) is 0. The van der Waals surface area contributed by atoms with E-state index in [9.17, 15) is 9.59 Å². The highest BCUT2D eigenvalue weighted by Gasteiger charge is 2.31. The number of furan rings is 1. The molecule has 4 aromatic heterocycles. The molecular formula is C33H32F2N6O3. The second-order valence-corrected chi connectivity index (χ2v) is 11.3. The van der Waals surface area contributed by atoms with Crippen LogP contribution < -0.4 is 10.6 Å². The lowest BCUT2D eigenvalue weighted by atomic mass is 10.0. The number of anilines is 1. The minimum absolute atomic E-state index is 0.0661. The molecule has 11 heteroatoms. The van der Waals surface area contributed by atoms with E-state index in [0.29, 0.717) is 36.4 Å². The van der Waals surface area contributed by atoms with Gasteiger partial charge in [-0.05, 0) is 68.7 Å². The van der Waals surface area contributed by atoms with Crippen LogP contribution >= 0.6 is 0 Å². The van der Waals surface area contributed by atoms with Crippen LogP contribution in [0.3, 0.4) is 0 Å². The van der Waals surface area contributed by atoms with Gasteiger partial charge in [0.15, 0.2) is 11.5 Å². The first-order valence-electron chi connectivity index (χ1n) is 14.5. The molecule has 9 nitrogen and oxygen atoms in total. The van der Waals surface area contributed by atoms with Gasteiger partial charge in [0.1, 0.15) is 22.9 Å². The smallest absolute Gasteiger partial charge is 0.355 e. The van der Waals surface area contributed by atoms with E-state index in [4.69, 9.17) is 4.42 Å². The van der Waals surface area contributed by atoms with Crippen molar-refractivity contribution in [2.75, 3.05) is 24.5 Å². The maximum Gasteiger partial charge on any atom is 0.355 e. The van der Waals surface area contributed by atoms with E-state index in [1.165, 1.54) is 29.0 Å². The summed E-state index contributed by atoms with van der Waals surface area (Å²) in [6, 6.07) is 7.23. The number of pyridine rings is 2. The van der Waals surface area contributed by atoms with Crippen LogP contribution in [0, 0.1) is 18.6 Å². The predicted octanol–water partition coefficient (Wildman–Crippen LogP) is 5.91. The monoisotopic (exact) mass is 598 g/mol. The zero-order chi connectivity index (χ0) is 31.3. The van der Waals surface area contributed by atoms with Gasteiger partial charge in [-0.15, -0.1) is 0 Å². The quantitative estimate of drug-likeness (QED) is 0.232. The number of aromatic nitrogens is 4. The van der Waals surface area contributed by atoms with Gasteiger partial charge in [-0.2, -0.15) is 4.98 Å². The molecule has 0 aliphatic carbocycles. The third-order valence-corrected chi connectivity index (χ3v) is 8.05. The summed E-state index contributed by atoms with van der Waals surface area (Å²) >= 11 is 0. The molecule has 1 aliphatic heterocycles. The van der Waals surface area contributed by atoms with Gasteiger partial charge in [0.2, 0.25) is 5.91 Å². The molecule has 1 aliphatic rings. The lowest BCUT2D eigenvalue weighted by molar-refractivity contribution is -0.126. The molecular weight excluding hydrogens is 566 g/mol. The highest BCUT2D eigenvalue weighted by atomic mass is 19.1. The lowest BCUT2D eigenvalue weighted by Crippen LogP contribution is -2.54. The molecule has 0 spiro atoms. The number of hydrogen-bond donors (Lipinski definition) is 0. The van der Waals surface area contributed by atoms with Crippen LogP contribution in [0.25, 0.3) is 38.9 Å². The Hall–Kier alpha value is -4.93. The third-order valence-electron chi connectivity index (χ3n) is 8.05. The van der Waals surface area contributed by atoms with Crippen LogP contribution in [0.15, 0.2) is 64.2 Å². The molecule has 1 aromatic carbocycles. The minimum Gasteiger partial charge on any atom is -0.464 e. The van der Waals surface area contributed by atoms with Gasteiger partial charge >= 0.3 is 5.69 Å². The van der Waals surface area contributed by atoms with Crippen LogP contribution in [0.1, 0.15) is 44.9 Å². The first-order valence-corrected chi connectivity index (χ1v) is 14.5. The SMILES string of the molecule is C/C=C/C(=O)N1CCN(c2nc(=O)n(-c3c(C)ccnc3C(C)C)c3nc(-c4c(F)ccc5ccoc45)c(F)cc23)[C@@H](C)C1. The largest absolute Gasteiger partial charge is 0.464 e. The number of amides is 1. The van der Waals surface area contributed by atoms with E-state index >= 15 is 8.78 Å². The number of halogens is 2. The van der Waals surface area contributed by atoms with E-state index < -0.39 is 17.3 Å². The number of aryl methyl sites for hydroxylation is 1. The van der Waals surface area contributed by atoms with Gasteiger partial charge in [-0.1, -0.05) is 19.9 Å². The minimum atomic E-state index is -0.796. The first kappa shape index (κ1) is 29.2. The number of carbonyl (C=O) groups is 1. The average molecular weight is 599 g/mol. The summed E-state index contributed by atoms with van der Waals surface area (Å²) in [5, 5.41) is 0.857. The number of fused-ring (bicyclic) bond motifs is 2. The Morgan fingerprint density at radius 3 is 2.64 bits per heavy atom. The molecule has 226 valence electrons. The number of rotatable bonds is 5. The van der Waals surface area contributed by atoms with Crippen molar-refractivity contribution in [3.8, 4) is 16.9 Å². The number of nitrogens with zero attached hydrogens (tertiary/aromatic N) is 6.